The van der Waals surface area contributed by atoms with Gasteiger partial charge in [-0.1, -0.05) is 36.4 Å². The number of carboxylic acids is 1. The van der Waals surface area contributed by atoms with E-state index in [0.717, 1.165) is 12.1 Å². The molecule has 1 atom stereocenters. The van der Waals surface area contributed by atoms with Crippen molar-refractivity contribution in [1.29, 1.82) is 0 Å². The van der Waals surface area contributed by atoms with E-state index >= 15 is 0 Å². The van der Waals surface area contributed by atoms with Gasteiger partial charge in [0.05, 0.1) is 17.7 Å². The third-order valence-corrected chi connectivity index (χ3v) is 8.43. The van der Waals surface area contributed by atoms with Crippen molar-refractivity contribution in [1.82, 2.24) is 14.8 Å². The molecule has 7 nitrogen and oxygen atoms in total. The molecular formula is C30H25F12N3O4. The molecule has 0 aliphatic carbocycles. The topological polar surface area (TPSA) is 91.6 Å². The smallest absolute Gasteiger partial charge is 0.431 e. The van der Waals surface area contributed by atoms with Gasteiger partial charge in [-0.25, -0.2) is 4.79 Å². The first kappa shape index (κ1) is 37.5. The van der Waals surface area contributed by atoms with Crippen LogP contribution in [0.5, 0.6) is 0 Å². The largest absolute Gasteiger partial charge is 0.480 e. The van der Waals surface area contributed by atoms with E-state index in [1.165, 1.54) is 24.3 Å². The summed E-state index contributed by atoms with van der Waals surface area (Å²) in [6.07, 6.45) is -23.8. The highest BCUT2D eigenvalue weighted by atomic mass is 19.4. The summed E-state index contributed by atoms with van der Waals surface area (Å²) in [5, 5.41) is 11.4. The summed E-state index contributed by atoms with van der Waals surface area (Å²) in [4.78, 5) is 39.0. The number of hydrogen-bond donors (Lipinski definition) is 2. The van der Waals surface area contributed by atoms with Crippen LogP contribution in [0.1, 0.15) is 29.7 Å². The van der Waals surface area contributed by atoms with E-state index in [1.54, 1.807) is 0 Å². The Hall–Kier alpha value is -4.29. The number of aliphatic carboxylic acids is 1. The third kappa shape index (κ3) is 7.65. The average Bonchev–Trinajstić information content (AvgIpc) is 2.95. The number of rotatable bonds is 7. The van der Waals surface area contributed by atoms with Crippen molar-refractivity contribution in [3.05, 3.63) is 69.6 Å². The summed E-state index contributed by atoms with van der Waals surface area (Å²) < 4.78 is 164. The van der Waals surface area contributed by atoms with Gasteiger partial charge in [-0.3, -0.25) is 14.5 Å². The van der Waals surface area contributed by atoms with E-state index in [9.17, 15) is 72.2 Å². The number of halogens is 12. The van der Waals surface area contributed by atoms with Gasteiger partial charge in [0, 0.05) is 13.5 Å². The van der Waals surface area contributed by atoms with E-state index in [1.807, 2.05) is 5.32 Å². The second kappa shape index (κ2) is 12.9. The second-order valence-electron chi connectivity index (χ2n) is 11.5. The Balaban J connectivity index is 1.74. The molecule has 0 radical (unpaired) electrons. The molecular weight excluding hydrogens is 694 g/mol. The van der Waals surface area contributed by atoms with Gasteiger partial charge in [-0.15, -0.1) is 0 Å². The summed E-state index contributed by atoms with van der Waals surface area (Å²) in [6.45, 7) is -3.08. The number of alkyl halides is 12. The van der Waals surface area contributed by atoms with Crippen molar-refractivity contribution in [2.75, 3.05) is 19.6 Å². The Morgan fingerprint density at radius 3 is 1.96 bits per heavy atom. The van der Waals surface area contributed by atoms with Gasteiger partial charge in [0.1, 0.15) is 17.2 Å². The zero-order valence-corrected chi connectivity index (χ0v) is 25.0. The van der Waals surface area contributed by atoms with Crippen molar-refractivity contribution < 1.29 is 67.4 Å². The first-order valence-corrected chi connectivity index (χ1v) is 14.2. The number of carboxylic acid groups (broad SMARTS) is 1. The average molecular weight is 720 g/mol. The number of carbonyl (C=O) groups excluding carboxylic acids is 1. The van der Waals surface area contributed by atoms with Crippen LogP contribution in [0.15, 0.2) is 47.3 Å². The molecule has 1 fully saturated rings. The second-order valence-corrected chi connectivity index (χ2v) is 11.5. The number of aromatic nitrogens is 1. The van der Waals surface area contributed by atoms with Gasteiger partial charge in [0.2, 0.25) is 5.91 Å². The summed E-state index contributed by atoms with van der Waals surface area (Å²) in [7, 11) is 0.624. The van der Waals surface area contributed by atoms with Gasteiger partial charge in [-0.2, -0.15) is 52.7 Å². The predicted molar refractivity (Wildman–Crippen MR) is 148 cm³/mol. The number of pyridine rings is 1. The Labute approximate surface area is 268 Å². The van der Waals surface area contributed by atoms with Crippen LogP contribution in [0.2, 0.25) is 0 Å². The van der Waals surface area contributed by atoms with E-state index in [2.05, 4.69) is 0 Å². The van der Waals surface area contributed by atoms with Crippen molar-refractivity contribution in [2.24, 2.45) is 12.5 Å². The summed E-state index contributed by atoms with van der Waals surface area (Å²) in [5.41, 5.74) is -10.4. The van der Waals surface area contributed by atoms with E-state index in [0.29, 0.717) is 11.9 Å². The summed E-state index contributed by atoms with van der Waals surface area (Å²) in [5.74, 6) is -3.63. The number of benzene rings is 2. The number of carbonyl (C=O) groups is 2. The molecule has 2 N–H and O–H groups in total. The minimum absolute atomic E-state index is 0.00661. The molecule has 0 spiro atoms. The first-order chi connectivity index (χ1) is 22.4. The van der Waals surface area contributed by atoms with E-state index < -0.39 is 115 Å². The van der Waals surface area contributed by atoms with Crippen molar-refractivity contribution in [2.45, 2.75) is 50.0 Å². The van der Waals surface area contributed by atoms with Crippen molar-refractivity contribution in [3.63, 3.8) is 0 Å². The lowest BCUT2D eigenvalue weighted by atomic mass is 9.76. The number of nitrogens with zero attached hydrogens (tertiary/aromatic N) is 2. The van der Waals surface area contributed by atoms with E-state index in [-0.39, 0.29) is 27.0 Å². The fraction of sp³-hybridized carbons (Fsp3) is 0.433. The lowest BCUT2D eigenvalue weighted by Gasteiger charge is -2.42. The highest BCUT2D eigenvalue weighted by Crippen LogP contribution is 2.47. The van der Waals surface area contributed by atoms with Crippen LogP contribution in [0.3, 0.4) is 0 Å². The Morgan fingerprint density at radius 2 is 1.45 bits per heavy atom. The van der Waals surface area contributed by atoms with Crippen LogP contribution in [-0.4, -0.2) is 64.5 Å². The molecule has 1 aromatic heterocycles. The Bertz CT molecular complexity index is 1800. The molecule has 1 amide bonds. The van der Waals surface area contributed by atoms with Crippen LogP contribution in [-0.2, 0) is 35.4 Å². The summed E-state index contributed by atoms with van der Waals surface area (Å²) >= 11 is 0. The molecule has 0 bridgehead atoms. The number of fused-ring (bicyclic) bond motifs is 1. The molecule has 3 aromatic rings. The lowest BCUT2D eigenvalue weighted by Crippen LogP contribution is -2.59. The molecule has 1 saturated heterocycles. The molecule has 2 heterocycles. The quantitative estimate of drug-likeness (QED) is 0.270. The molecule has 4 rings (SSSR count). The van der Waals surface area contributed by atoms with E-state index in [4.69, 9.17) is 0 Å². The zero-order chi connectivity index (χ0) is 36.9. The highest BCUT2D eigenvalue weighted by Gasteiger charge is 2.61. The standard InChI is InChI=1S/C30H25F12N3O4/c1-44-21(29(37,38)39)13-19(28(34,35)36)22(23(44)46)18-7-3-5-16-15(4-2-6-17(16)18)12-20(24(47)48)43-25(49)26(30(40,41)42)8-10-45(11-9-26)14-27(31,32)33/h2-7,13,20H,8-12,14H2,1H3,(H,43,49)(H,47,48)/t20-/m0/s1. The Kier molecular flexibility index (Phi) is 9.86. The zero-order valence-electron chi connectivity index (χ0n) is 25.0. The maximum Gasteiger partial charge on any atom is 0.431 e. The van der Waals surface area contributed by atoms with Gasteiger partial charge in [-0.05, 0) is 53.9 Å². The van der Waals surface area contributed by atoms with Crippen LogP contribution in [0, 0.1) is 5.41 Å². The Morgan fingerprint density at radius 1 is 0.878 bits per heavy atom. The maximum absolute atomic E-state index is 14.3. The fourth-order valence-corrected chi connectivity index (χ4v) is 5.93. The van der Waals surface area contributed by atoms with Crippen LogP contribution >= 0.6 is 0 Å². The molecule has 268 valence electrons. The van der Waals surface area contributed by atoms with Crippen molar-refractivity contribution in [3.8, 4) is 11.1 Å². The predicted octanol–water partition coefficient (Wildman–Crippen LogP) is 6.56. The molecule has 19 heteroatoms. The number of amides is 1. The minimum Gasteiger partial charge on any atom is -0.480 e. The lowest BCUT2D eigenvalue weighted by molar-refractivity contribution is -0.236. The van der Waals surface area contributed by atoms with Crippen LogP contribution in [0.25, 0.3) is 21.9 Å². The monoisotopic (exact) mass is 719 g/mol. The first-order valence-electron chi connectivity index (χ1n) is 14.2. The minimum atomic E-state index is -5.45. The highest BCUT2D eigenvalue weighted by molar-refractivity contribution is 5.99. The molecule has 2 aromatic carbocycles. The van der Waals surface area contributed by atoms with Gasteiger partial charge in [0.25, 0.3) is 5.56 Å². The number of likely N-dealkylation sites (tertiary alicyclic amines) is 1. The molecule has 49 heavy (non-hydrogen) atoms. The number of hydrogen-bond acceptors (Lipinski definition) is 4. The SMILES string of the molecule is Cn1c(C(F)(F)F)cc(C(F)(F)F)c(-c2cccc3c(C[C@H](NC(=O)C4(C(F)(F)F)CCN(CC(F)(F)F)CC4)C(=O)O)cccc23)c1=O. The van der Waals surface area contributed by atoms with Gasteiger partial charge < -0.3 is 15.0 Å². The molecule has 1 aliphatic heterocycles. The van der Waals surface area contributed by atoms with Crippen LogP contribution in [0.4, 0.5) is 52.7 Å². The molecule has 1 aliphatic rings. The molecule has 0 saturated carbocycles. The number of nitrogens with one attached hydrogen (secondary N) is 1. The van der Waals surface area contributed by atoms with Crippen LogP contribution < -0.4 is 10.9 Å². The third-order valence-electron chi connectivity index (χ3n) is 8.43. The van der Waals surface area contributed by atoms with Gasteiger partial charge in [0.15, 0.2) is 0 Å². The van der Waals surface area contributed by atoms with Crippen molar-refractivity contribution >= 4 is 22.6 Å². The molecule has 0 unspecified atom stereocenters. The number of piperidine rings is 1. The summed E-state index contributed by atoms with van der Waals surface area (Å²) in [6, 6.07) is 4.70. The fourth-order valence-electron chi connectivity index (χ4n) is 5.93. The van der Waals surface area contributed by atoms with Gasteiger partial charge >= 0.3 is 30.7 Å². The maximum atomic E-state index is 14.3. The normalized spacial score (nSPS) is 16.8.